The van der Waals surface area contributed by atoms with Gasteiger partial charge in [-0.3, -0.25) is 0 Å². The first-order valence-electron chi connectivity index (χ1n) is 5.26. The summed E-state index contributed by atoms with van der Waals surface area (Å²) in [7, 11) is 0. The predicted octanol–water partition coefficient (Wildman–Crippen LogP) is 3.38. The van der Waals surface area contributed by atoms with Crippen molar-refractivity contribution in [2.45, 2.75) is 18.2 Å². The number of nitrogens with two attached hydrogens (primary N) is 1. The van der Waals surface area contributed by atoms with E-state index in [9.17, 15) is 13.2 Å². The van der Waals surface area contributed by atoms with E-state index >= 15 is 0 Å². The van der Waals surface area contributed by atoms with Gasteiger partial charge in [0.15, 0.2) is 0 Å². The van der Waals surface area contributed by atoms with Crippen molar-refractivity contribution < 1.29 is 18.0 Å². The van der Waals surface area contributed by atoms with Crippen molar-refractivity contribution in [3.8, 4) is 0 Å². The molecule has 1 aliphatic heterocycles. The van der Waals surface area contributed by atoms with Gasteiger partial charge in [0.1, 0.15) is 0 Å². The molecule has 0 saturated carbocycles. The van der Waals surface area contributed by atoms with Crippen LogP contribution in [0.5, 0.6) is 0 Å². The second-order valence-electron chi connectivity index (χ2n) is 4.16. The van der Waals surface area contributed by atoms with Crippen molar-refractivity contribution in [1.29, 1.82) is 0 Å². The normalized spacial score (nSPS) is 23.2. The smallest absolute Gasteiger partial charge is 0.377 e. The quantitative estimate of drug-likeness (QED) is 0.910. The molecule has 1 aliphatic rings. The molecule has 0 aromatic heterocycles. The zero-order valence-electron chi connectivity index (χ0n) is 9.47. The standard InChI is InChI=1S/C11H9Cl2F3N2O/c12-7-1-6(2-8(13)3-7)9-4-10(5-17,19-18-9)11(14,15)16/h1-3H,4-5,17H2. The third kappa shape index (κ3) is 2.66. The van der Waals surface area contributed by atoms with E-state index in [1.165, 1.54) is 18.2 Å². The van der Waals surface area contributed by atoms with Crippen LogP contribution in [0.1, 0.15) is 12.0 Å². The molecule has 0 radical (unpaired) electrons. The molecule has 0 amide bonds. The fourth-order valence-corrected chi connectivity index (χ4v) is 2.26. The minimum Gasteiger partial charge on any atom is -0.377 e. The van der Waals surface area contributed by atoms with Crippen molar-refractivity contribution in [3.05, 3.63) is 33.8 Å². The highest BCUT2D eigenvalue weighted by Gasteiger charge is 2.60. The van der Waals surface area contributed by atoms with Crippen molar-refractivity contribution in [3.63, 3.8) is 0 Å². The first-order valence-corrected chi connectivity index (χ1v) is 6.01. The highest BCUT2D eigenvalue weighted by molar-refractivity contribution is 6.35. The molecule has 19 heavy (non-hydrogen) atoms. The molecule has 1 aromatic carbocycles. The zero-order chi connectivity index (χ0) is 14.3. The van der Waals surface area contributed by atoms with Crippen LogP contribution in [0.2, 0.25) is 10.0 Å². The van der Waals surface area contributed by atoms with E-state index in [4.69, 9.17) is 28.9 Å². The number of hydrogen-bond acceptors (Lipinski definition) is 3. The van der Waals surface area contributed by atoms with Crippen LogP contribution < -0.4 is 5.73 Å². The average Bonchev–Trinajstić information content (AvgIpc) is 2.72. The van der Waals surface area contributed by atoms with Crippen LogP contribution in [-0.2, 0) is 4.84 Å². The number of oxime groups is 1. The SMILES string of the molecule is NCC1(C(F)(F)F)CC(c2cc(Cl)cc(Cl)c2)=NO1. The summed E-state index contributed by atoms with van der Waals surface area (Å²) in [6.45, 7) is -0.711. The molecule has 1 aromatic rings. The third-order valence-corrected chi connectivity index (χ3v) is 3.26. The molecular weight excluding hydrogens is 304 g/mol. The number of halogens is 5. The molecule has 2 N–H and O–H groups in total. The Morgan fingerprint density at radius 1 is 1.26 bits per heavy atom. The van der Waals surface area contributed by atoms with Crippen LogP contribution in [0.25, 0.3) is 0 Å². The maximum absolute atomic E-state index is 12.9. The van der Waals surface area contributed by atoms with Crippen LogP contribution in [0.15, 0.2) is 23.4 Å². The lowest BCUT2D eigenvalue weighted by atomic mass is 9.93. The van der Waals surface area contributed by atoms with Gasteiger partial charge in [-0.25, -0.2) is 0 Å². The summed E-state index contributed by atoms with van der Waals surface area (Å²) < 4.78 is 38.8. The Balaban J connectivity index is 2.31. The van der Waals surface area contributed by atoms with E-state index in [1.54, 1.807) is 0 Å². The maximum Gasteiger partial charge on any atom is 0.432 e. The second kappa shape index (κ2) is 4.85. The van der Waals surface area contributed by atoms with Gasteiger partial charge in [0, 0.05) is 28.6 Å². The Hall–Kier alpha value is -0.980. The zero-order valence-corrected chi connectivity index (χ0v) is 11.0. The van der Waals surface area contributed by atoms with Crippen LogP contribution in [0.3, 0.4) is 0 Å². The molecule has 1 heterocycles. The van der Waals surface area contributed by atoms with Gasteiger partial charge in [-0.1, -0.05) is 28.4 Å². The molecule has 8 heteroatoms. The molecule has 0 saturated heterocycles. The van der Waals surface area contributed by atoms with Gasteiger partial charge in [-0.2, -0.15) is 13.2 Å². The predicted molar refractivity (Wildman–Crippen MR) is 66.5 cm³/mol. The van der Waals surface area contributed by atoms with Crippen LogP contribution in [0.4, 0.5) is 13.2 Å². The first-order chi connectivity index (χ1) is 8.77. The second-order valence-corrected chi connectivity index (χ2v) is 5.03. The largest absolute Gasteiger partial charge is 0.432 e. The van der Waals surface area contributed by atoms with Crippen LogP contribution in [-0.4, -0.2) is 24.0 Å². The number of rotatable bonds is 2. The van der Waals surface area contributed by atoms with Gasteiger partial charge < -0.3 is 10.6 Å². The van der Waals surface area contributed by atoms with E-state index in [-0.39, 0.29) is 5.71 Å². The third-order valence-electron chi connectivity index (χ3n) is 2.83. The van der Waals surface area contributed by atoms with Crippen molar-refractivity contribution in [1.82, 2.24) is 0 Å². The minimum atomic E-state index is -4.60. The lowest BCUT2D eigenvalue weighted by molar-refractivity contribution is -0.264. The molecule has 0 aliphatic carbocycles. The van der Waals surface area contributed by atoms with E-state index in [2.05, 4.69) is 9.99 Å². The summed E-state index contributed by atoms with van der Waals surface area (Å²) >= 11 is 11.6. The van der Waals surface area contributed by atoms with E-state index in [0.29, 0.717) is 15.6 Å². The van der Waals surface area contributed by atoms with Gasteiger partial charge in [-0.05, 0) is 18.2 Å². The van der Waals surface area contributed by atoms with Gasteiger partial charge in [0.2, 0.25) is 5.60 Å². The van der Waals surface area contributed by atoms with Gasteiger partial charge in [0.25, 0.3) is 0 Å². The molecule has 1 unspecified atom stereocenters. The van der Waals surface area contributed by atoms with E-state index in [1.807, 2.05) is 0 Å². The molecule has 1 atom stereocenters. The molecule has 0 bridgehead atoms. The summed E-state index contributed by atoms with van der Waals surface area (Å²) in [5.41, 5.74) is 3.21. The van der Waals surface area contributed by atoms with Crippen LogP contribution in [0, 0.1) is 0 Å². The molecular formula is C11H9Cl2F3N2O. The highest BCUT2D eigenvalue weighted by atomic mass is 35.5. The number of nitrogens with zero attached hydrogens (tertiary/aromatic N) is 1. The number of benzene rings is 1. The lowest BCUT2D eigenvalue weighted by Gasteiger charge is -2.27. The van der Waals surface area contributed by atoms with Gasteiger partial charge in [0.05, 0.1) is 5.71 Å². The summed E-state index contributed by atoms with van der Waals surface area (Å²) in [6, 6.07) is 4.42. The Kier molecular flexibility index (Phi) is 3.68. The molecule has 0 spiro atoms. The molecule has 3 nitrogen and oxygen atoms in total. The molecule has 104 valence electrons. The summed E-state index contributed by atoms with van der Waals surface area (Å²) in [4.78, 5) is 4.55. The highest BCUT2D eigenvalue weighted by Crippen LogP contribution is 2.40. The molecule has 2 rings (SSSR count). The Labute approximate surface area is 117 Å². The average molecular weight is 313 g/mol. The summed E-state index contributed by atoms with van der Waals surface area (Å²) in [5, 5.41) is 4.09. The number of hydrogen-bond donors (Lipinski definition) is 1. The van der Waals surface area contributed by atoms with Crippen molar-refractivity contribution in [2.24, 2.45) is 10.9 Å². The maximum atomic E-state index is 12.9. The fourth-order valence-electron chi connectivity index (χ4n) is 1.73. The topological polar surface area (TPSA) is 47.6 Å². The lowest BCUT2D eigenvalue weighted by Crippen LogP contribution is -2.51. The van der Waals surface area contributed by atoms with Crippen LogP contribution >= 0.6 is 23.2 Å². The van der Waals surface area contributed by atoms with E-state index in [0.717, 1.165) is 0 Å². The Morgan fingerprint density at radius 2 is 1.84 bits per heavy atom. The summed E-state index contributed by atoms with van der Waals surface area (Å²) in [6.07, 6.45) is -5.07. The van der Waals surface area contributed by atoms with Crippen molar-refractivity contribution >= 4 is 28.9 Å². The summed E-state index contributed by atoms with van der Waals surface area (Å²) in [5.74, 6) is 0. The monoisotopic (exact) mass is 312 g/mol. The molecule has 0 fully saturated rings. The Morgan fingerprint density at radius 3 is 2.26 bits per heavy atom. The van der Waals surface area contributed by atoms with Gasteiger partial charge in [-0.15, -0.1) is 0 Å². The van der Waals surface area contributed by atoms with E-state index < -0.39 is 24.7 Å². The number of alkyl halides is 3. The fraction of sp³-hybridized carbons (Fsp3) is 0.364. The van der Waals surface area contributed by atoms with Gasteiger partial charge >= 0.3 is 6.18 Å². The minimum absolute atomic E-state index is 0.118. The Bertz CT molecular complexity index is 513. The van der Waals surface area contributed by atoms with Crippen molar-refractivity contribution in [2.75, 3.05) is 6.54 Å². The first kappa shape index (κ1) is 14.4.